The Hall–Kier alpha value is -4.33. The summed E-state index contributed by atoms with van der Waals surface area (Å²) in [4.78, 5) is 1.35. The Morgan fingerprint density at radius 3 is 2.48 bits per heavy atom. The molecule has 0 saturated carbocycles. The molecule has 2 aliphatic heterocycles. The zero-order chi connectivity index (χ0) is 30.5. The monoisotopic (exact) mass is 580 g/mol. The molecule has 0 radical (unpaired) electrons. The molecule has 1 aliphatic carbocycles. The van der Waals surface area contributed by atoms with E-state index < -0.39 is 0 Å². The normalized spacial score (nSPS) is 15.5. The van der Waals surface area contributed by atoms with Crippen molar-refractivity contribution in [1.82, 2.24) is 9.88 Å². The number of fused-ring (bicyclic) bond motifs is 5. The fourth-order valence-corrected chi connectivity index (χ4v) is 5.81. The molecule has 3 aliphatic rings. The Balaban J connectivity index is 0.000000218. The lowest BCUT2D eigenvalue weighted by Crippen LogP contribution is -2.28. The lowest BCUT2D eigenvalue weighted by Gasteiger charge is -2.23. The number of nitrogens with zero attached hydrogens (tertiary/aromatic N) is 1. The van der Waals surface area contributed by atoms with Gasteiger partial charge in [0.25, 0.3) is 0 Å². The van der Waals surface area contributed by atoms with Gasteiger partial charge in [0.05, 0.1) is 18.1 Å². The largest absolute Gasteiger partial charge is 0.384 e. The van der Waals surface area contributed by atoms with Crippen LogP contribution in [0, 0.1) is 5.41 Å². The highest BCUT2D eigenvalue weighted by atomic mass is 32.1. The van der Waals surface area contributed by atoms with Crippen molar-refractivity contribution in [3.63, 3.8) is 0 Å². The molecule has 1 unspecified atom stereocenters. The molecule has 7 rings (SSSR count). The number of amidine groups is 1. The molecular weight excluding hydrogens is 536 g/mol. The van der Waals surface area contributed by atoms with Gasteiger partial charge in [-0.05, 0) is 53.4 Å². The molecule has 42 heavy (non-hydrogen) atoms. The average molecular weight is 581 g/mol. The Morgan fingerprint density at radius 1 is 0.952 bits per heavy atom. The number of anilines is 1. The lowest BCUT2D eigenvalue weighted by atomic mass is 9.97. The van der Waals surface area contributed by atoms with Gasteiger partial charge in [-0.2, -0.15) is 0 Å². The second-order valence-corrected chi connectivity index (χ2v) is 9.91. The van der Waals surface area contributed by atoms with Crippen LogP contribution in [-0.2, 0) is 6.54 Å². The van der Waals surface area contributed by atoms with Gasteiger partial charge in [0, 0.05) is 34.8 Å². The minimum absolute atomic E-state index is 0.141. The second-order valence-electron chi connectivity index (χ2n) is 9.02. The van der Waals surface area contributed by atoms with Crippen LogP contribution in [0.4, 0.5) is 5.69 Å². The molecule has 4 aromatic rings. The van der Waals surface area contributed by atoms with E-state index in [0.717, 1.165) is 23.4 Å². The minimum Gasteiger partial charge on any atom is -0.384 e. The maximum atomic E-state index is 7.30. The molecule has 0 bridgehead atoms. The van der Waals surface area contributed by atoms with Crippen LogP contribution in [0.1, 0.15) is 33.3 Å². The molecule has 2 aromatic heterocycles. The van der Waals surface area contributed by atoms with Gasteiger partial charge in [-0.3, -0.25) is 5.41 Å². The van der Waals surface area contributed by atoms with Crippen LogP contribution in [-0.4, -0.2) is 30.0 Å². The van der Waals surface area contributed by atoms with Crippen LogP contribution < -0.4 is 22.1 Å². The van der Waals surface area contributed by atoms with Crippen molar-refractivity contribution in [2.75, 3.05) is 18.9 Å². The van der Waals surface area contributed by atoms with E-state index >= 15 is 0 Å². The number of para-hydroxylation sites is 2. The van der Waals surface area contributed by atoms with Gasteiger partial charge in [-0.25, -0.2) is 0 Å². The van der Waals surface area contributed by atoms with Crippen molar-refractivity contribution in [3.05, 3.63) is 119 Å². The molecule has 4 heterocycles. The molecule has 6 nitrogen and oxygen atoms in total. The first-order valence-corrected chi connectivity index (χ1v) is 15.5. The number of hydrogen-bond donors (Lipinski definition) is 5. The molecule has 0 fully saturated rings. The quantitative estimate of drug-likeness (QED) is 0.126. The van der Waals surface area contributed by atoms with E-state index in [9.17, 15) is 0 Å². The SMILES string of the molecule is C1=CC2=CC(Cn3c4ccccc4c4ccsc43)=CNC2C=C1.CC.CC.CN.N=C(N)C1=Cc2ccccc2NC1. The van der Waals surface area contributed by atoms with E-state index in [4.69, 9.17) is 11.1 Å². The fraction of sp³-hybridized carbons (Fsp3) is 0.229. The number of allylic oxidation sites excluding steroid dienone is 4. The molecule has 0 saturated heterocycles. The first-order valence-electron chi connectivity index (χ1n) is 14.6. The summed E-state index contributed by atoms with van der Waals surface area (Å²) in [5.41, 5.74) is 16.9. The Kier molecular flexibility index (Phi) is 12.4. The van der Waals surface area contributed by atoms with Crippen LogP contribution >= 0.6 is 11.3 Å². The summed E-state index contributed by atoms with van der Waals surface area (Å²) in [5, 5.41) is 18.9. The highest BCUT2D eigenvalue weighted by molar-refractivity contribution is 7.17. The zero-order valence-corrected chi connectivity index (χ0v) is 26.1. The zero-order valence-electron chi connectivity index (χ0n) is 25.3. The summed E-state index contributed by atoms with van der Waals surface area (Å²) in [5.74, 6) is 0.141. The van der Waals surface area contributed by atoms with Crippen molar-refractivity contribution in [2.45, 2.75) is 40.3 Å². The number of benzene rings is 2. The van der Waals surface area contributed by atoms with Gasteiger partial charge in [0.15, 0.2) is 0 Å². The molecule has 1 atom stereocenters. The lowest BCUT2D eigenvalue weighted by molar-refractivity contribution is 0.758. The van der Waals surface area contributed by atoms with Crippen molar-refractivity contribution >= 4 is 50.1 Å². The highest BCUT2D eigenvalue weighted by Crippen LogP contribution is 2.33. The van der Waals surface area contributed by atoms with Crippen LogP contribution in [0.5, 0.6) is 0 Å². The second kappa shape index (κ2) is 16.2. The topological polar surface area (TPSA) is 105 Å². The summed E-state index contributed by atoms with van der Waals surface area (Å²) in [7, 11) is 1.50. The van der Waals surface area contributed by atoms with Crippen LogP contribution in [0.3, 0.4) is 0 Å². The number of nitrogens with one attached hydrogen (secondary N) is 3. The van der Waals surface area contributed by atoms with Gasteiger partial charge in [0.2, 0.25) is 0 Å². The van der Waals surface area contributed by atoms with E-state index in [1.165, 1.54) is 39.3 Å². The number of hydrogen-bond acceptors (Lipinski definition) is 5. The molecule has 0 spiro atoms. The fourth-order valence-electron chi connectivity index (χ4n) is 4.88. The van der Waals surface area contributed by atoms with Crippen LogP contribution in [0.25, 0.3) is 27.2 Å². The van der Waals surface area contributed by atoms with E-state index in [0.29, 0.717) is 12.6 Å². The third-order valence-electron chi connectivity index (χ3n) is 6.68. The molecule has 7 N–H and O–H groups in total. The molecule has 0 amide bonds. The summed E-state index contributed by atoms with van der Waals surface area (Å²) in [6.45, 7) is 9.54. The Bertz CT molecular complexity index is 1630. The van der Waals surface area contributed by atoms with Crippen molar-refractivity contribution in [3.8, 4) is 0 Å². The summed E-state index contributed by atoms with van der Waals surface area (Å²) < 4.78 is 2.43. The van der Waals surface area contributed by atoms with Gasteiger partial charge in [-0.1, -0.05) is 94.5 Å². The van der Waals surface area contributed by atoms with E-state index in [1.807, 2.05) is 69.4 Å². The summed E-state index contributed by atoms with van der Waals surface area (Å²) in [6.07, 6.45) is 15.0. The first kappa shape index (κ1) is 32.2. The summed E-state index contributed by atoms with van der Waals surface area (Å²) >= 11 is 1.82. The molecule has 220 valence electrons. The number of rotatable bonds is 3. The van der Waals surface area contributed by atoms with Crippen molar-refractivity contribution < 1.29 is 0 Å². The van der Waals surface area contributed by atoms with E-state index in [-0.39, 0.29) is 5.84 Å². The van der Waals surface area contributed by atoms with E-state index in [1.54, 1.807) is 0 Å². The third kappa shape index (κ3) is 7.29. The number of dihydropyridines is 1. The molecule has 2 aromatic carbocycles. The first-order chi connectivity index (χ1) is 20.7. The predicted octanol–water partition coefficient (Wildman–Crippen LogP) is 7.82. The minimum atomic E-state index is 0.141. The van der Waals surface area contributed by atoms with Gasteiger partial charge >= 0.3 is 0 Å². The van der Waals surface area contributed by atoms with Crippen molar-refractivity contribution in [1.29, 1.82) is 5.41 Å². The van der Waals surface area contributed by atoms with Gasteiger partial charge in [-0.15, -0.1) is 11.3 Å². The maximum absolute atomic E-state index is 7.30. The van der Waals surface area contributed by atoms with Crippen LogP contribution in [0.15, 0.2) is 113 Å². The highest BCUT2D eigenvalue weighted by Gasteiger charge is 2.17. The molecule has 7 heteroatoms. The standard InChI is InChI=1S/C20H16N2S.C10H11N3.2C2H6.CH5N/c1-3-7-18-15(5-1)11-14(12-21-18)13-22-19-8-4-2-6-16(19)17-9-10-23-20(17)22;11-10(12)8-5-7-3-1-2-4-9(7)13-6-8;3*1-2/h1-12,18,21H,13H2;1-5,13H,6H2,(H3,11,12);2*1-2H3;2H2,1H3. The Morgan fingerprint density at radius 2 is 1.69 bits per heavy atom. The van der Waals surface area contributed by atoms with Crippen LogP contribution in [0.2, 0.25) is 0 Å². The number of nitrogens with two attached hydrogens (primary N) is 2. The number of thiophene rings is 1. The van der Waals surface area contributed by atoms with E-state index in [2.05, 4.69) is 93.2 Å². The maximum Gasteiger partial charge on any atom is 0.120 e. The Labute approximate surface area is 254 Å². The van der Waals surface area contributed by atoms with Crippen molar-refractivity contribution in [2.24, 2.45) is 11.5 Å². The van der Waals surface area contributed by atoms with Gasteiger partial charge < -0.3 is 26.7 Å². The third-order valence-corrected chi connectivity index (χ3v) is 7.62. The average Bonchev–Trinajstić information content (AvgIpc) is 3.66. The molecular formula is C35H44N6S. The summed E-state index contributed by atoms with van der Waals surface area (Å²) in [6, 6.07) is 19.2. The van der Waals surface area contributed by atoms with Gasteiger partial charge in [0.1, 0.15) is 10.7 Å². The smallest absolute Gasteiger partial charge is 0.120 e. The number of aromatic nitrogens is 1. The predicted molar refractivity (Wildman–Crippen MR) is 186 cm³/mol.